The third-order valence-corrected chi connectivity index (χ3v) is 5.26. The minimum absolute atomic E-state index is 0.0599. The number of benzene rings is 2. The highest BCUT2D eigenvalue weighted by atomic mass is 19.4. The van der Waals surface area contributed by atoms with Gasteiger partial charge in [0.15, 0.2) is 0 Å². The molecule has 0 saturated heterocycles. The highest BCUT2D eigenvalue weighted by Gasteiger charge is 2.38. The lowest BCUT2D eigenvalue weighted by atomic mass is 9.78. The summed E-state index contributed by atoms with van der Waals surface area (Å²) in [7, 11) is 0. The fourth-order valence-electron chi connectivity index (χ4n) is 3.78. The Labute approximate surface area is 157 Å². The molecule has 7 heteroatoms. The molecule has 1 saturated carbocycles. The molecule has 150 valence electrons. The van der Waals surface area contributed by atoms with Gasteiger partial charge in [-0.25, -0.2) is 17.6 Å². The Balaban J connectivity index is 1.97. The van der Waals surface area contributed by atoms with Crippen LogP contribution in [0.25, 0.3) is 11.1 Å². The van der Waals surface area contributed by atoms with E-state index in [-0.39, 0.29) is 5.92 Å². The topological polar surface area (TPSA) is 0 Å². The van der Waals surface area contributed by atoms with E-state index < -0.39 is 46.1 Å². The van der Waals surface area contributed by atoms with E-state index in [0.717, 1.165) is 37.8 Å². The van der Waals surface area contributed by atoms with Crippen LogP contribution in [0.3, 0.4) is 0 Å². The zero-order valence-electron chi connectivity index (χ0n) is 14.7. The maximum Gasteiger partial charge on any atom is 0.422 e. The SMILES string of the molecule is C=CC1CCC(c2cc(F)c(-c3cc(F)c(C(F)(F)F)c(F)c3)c(F)c2)CC1. The van der Waals surface area contributed by atoms with Crippen LogP contribution in [0, 0.1) is 29.2 Å². The van der Waals surface area contributed by atoms with Crippen LogP contribution in [0.15, 0.2) is 36.9 Å². The smallest absolute Gasteiger partial charge is 0.206 e. The van der Waals surface area contributed by atoms with Gasteiger partial charge >= 0.3 is 6.18 Å². The third-order valence-electron chi connectivity index (χ3n) is 5.26. The number of rotatable bonds is 3. The second kappa shape index (κ2) is 7.60. The molecule has 0 N–H and O–H groups in total. The van der Waals surface area contributed by atoms with Gasteiger partial charge in [-0.3, -0.25) is 0 Å². The van der Waals surface area contributed by atoms with Crippen LogP contribution in [0.5, 0.6) is 0 Å². The van der Waals surface area contributed by atoms with Crippen molar-refractivity contribution in [3.8, 4) is 11.1 Å². The van der Waals surface area contributed by atoms with Crippen molar-refractivity contribution in [1.82, 2.24) is 0 Å². The molecule has 0 aliphatic heterocycles. The van der Waals surface area contributed by atoms with Crippen molar-refractivity contribution in [2.75, 3.05) is 0 Å². The quantitative estimate of drug-likeness (QED) is 0.371. The van der Waals surface area contributed by atoms with Crippen LogP contribution in [0.4, 0.5) is 30.7 Å². The Bertz CT molecular complexity index is 844. The van der Waals surface area contributed by atoms with Crippen molar-refractivity contribution in [2.24, 2.45) is 5.92 Å². The zero-order valence-corrected chi connectivity index (χ0v) is 14.7. The number of hydrogen-bond acceptors (Lipinski definition) is 0. The van der Waals surface area contributed by atoms with Crippen molar-refractivity contribution in [3.05, 3.63) is 71.3 Å². The van der Waals surface area contributed by atoms with E-state index in [4.69, 9.17) is 0 Å². The summed E-state index contributed by atoms with van der Waals surface area (Å²) in [5.74, 6) is -5.68. The van der Waals surface area contributed by atoms with E-state index in [1.807, 2.05) is 6.08 Å². The van der Waals surface area contributed by atoms with E-state index in [9.17, 15) is 30.7 Å². The molecule has 0 unspecified atom stereocenters. The van der Waals surface area contributed by atoms with Gasteiger partial charge in [0.2, 0.25) is 0 Å². The molecule has 0 amide bonds. The van der Waals surface area contributed by atoms with Gasteiger partial charge in [0.1, 0.15) is 28.8 Å². The molecule has 28 heavy (non-hydrogen) atoms. The highest BCUT2D eigenvalue weighted by Crippen LogP contribution is 2.40. The Morgan fingerprint density at radius 1 is 0.786 bits per heavy atom. The van der Waals surface area contributed by atoms with Crippen LogP contribution in [0.2, 0.25) is 0 Å². The summed E-state index contributed by atoms with van der Waals surface area (Å²) in [5.41, 5.74) is -3.04. The maximum atomic E-state index is 14.6. The molecule has 0 nitrogen and oxygen atoms in total. The Hall–Kier alpha value is -2.31. The maximum absolute atomic E-state index is 14.6. The summed E-state index contributed by atoms with van der Waals surface area (Å²) >= 11 is 0. The normalized spacial score (nSPS) is 20.2. The van der Waals surface area contributed by atoms with Gasteiger partial charge in [0, 0.05) is 0 Å². The van der Waals surface area contributed by atoms with Gasteiger partial charge in [0.25, 0.3) is 0 Å². The average Bonchev–Trinajstić information content (AvgIpc) is 2.59. The predicted molar refractivity (Wildman–Crippen MR) is 91.6 cm³/mol. The highest BCUT2D eigenvalue weighted by molar-refractivity contribution is 5.66. The molecule has 0 aromatic heterocycles. The molecular weight excluding hydrogens is 385 g/mol. The first-order valence-electron chi connectivity index (χ1n) is 8.80. The lowest BCUT2D eigenvalue weighted by molar-refractivity contribution is -0.142. The Morgan fingerprint density at radius 3 is 1.71 bits per heavy atom. The molecule has 0 radical (unpaired) electrons. The minimum Gasteiger partial charge on any atom is -0.206 e. The van der Waals surface area contributed by atoms with Crippen LogP contribution < -0.4 is 0 Å². The van der Waals surface area contributed by atoms with Gasteiger partial charge in [-0.15, -0.1) is 6.58 Å². The van der Waals surface area contributed by atoms with E-state index in [2.05, 4.69) is 6.58 Å². The van der Waals surface area contributed by atoms with Crippen molar-refractivity contribution >= 4 is 0 Å². The number of allylic oxidation sites excluding steroid dienone is 1. The zero-order chi connectivity index (χ0) is 20.6. The first-order valence-corrected chi connectivity index (χ1v) is 8.80. The largest absolute Gasteiger partial charge is 0.422 e. The predicted octanol–water partition coefficient (Wildman–Crippen LogP) is 7.39. The molecule has 0 atom stereocenters. The summed E-state index contributed by atoms with van der Waals surface area (Å²) in [5, 5.41) is 0. The summed E-state index contributed by atoms with van der Waals surface area (Å²) in [6.07, 6.45) is -0.272. The van der Waals surface area contributed by atoms with Gasteiger partial charge in [-0.05, 0) is 72.9 Å². The summed E-state index contributed by atoms with van der Waals surface area (Å²) in [6.45, 7) is 3.74. The van der Waals surface area contributed by atoms with Crippen molar-refractivity contribution < 1.29 is 30.7 Å². The molecule has 1 aliphatic rings. The van der Waals surface area contributed by atoms with Crippen LogP contribution in [-0.2, 0) is 6.18 Å². The monoisotopic (exact) mass is 402 g/mol. The molecule has 2 aromatic carbocycles. The van der Waals surface area contributed by atoms with Crippen LogP contribution >= 0.6 is 0 Å². The standard InChI is InChI=1S/C21H17F7/c1-2-11-3-5-12(6-4-11)13-7-15(22)19(16(23)8-13)14-9-17(24)20(18(25)10-14)21(26,27)28/h2,7-12H,1,3-6H2. The van der Waals surface area contributed by atoms with Gasteiger partial charge in [-0.2, -0.15) is 13.2 Å². The van der Waals surface area contributed by atoms with Crippen LogP contribution in [-0.4, -0.2) is 0 Å². The fraction of sp³-hybridized carbons (Fsp3) is 0.333. The van der Waals surface area contributed by atoms with E-state index in [1.54, 1.807) is 0 Å². The Kier molecular flexibility index (Phi) is 5.55. The van der Waals surface area contributed by atoms with E-state index in [1.165, 1.54) is 0 Å². The lowest BCUT2D eigenvalue weighted by Gasteiger charge is -2.27. The van der Waals surface area contributed by atoms with E-state index >= 15 is 0 Å². The van der Waals surface area contributed by atoms with Crippen molar-refractivity contribution in [2.45, 2.75) is 37.8 Å². The first kappa shape index (κ1) is 20.4. The van der Waals surface area contributed by atoms with Crippen molar-refractivity contribution in [1.29, 1.82) is 0 Å². The lowest BCUT2D eigenvalue weighted by Crippen LogP contribution is -2.13. The second-order valence-electron chi connectivity index (χ2n) is 7.02. The van der Waals surface area contributed by atoms with Gasteiger partial charge in [-0.1, -0.05) is 6.08 Å². The van der Waals surface area contributed by atoms with Crippen LogP contribution in [0.1, 0.15) is 42.7 Å². The van der Waals surface area contributed by atoms with E-state index in [0.29, 0.717) is 23.6 Å². The molecule has 0 spiro atoms. The third kappa shape index (κ3) is 3.93. The number of hydrogen-bond donors (Lipinski definition) is 0. The van der Waals surface area contributed by atoms with Gasteiger partial charge in [0.05, 0.1) is 5.56 Å². The molecule has 0 bridgehead atoms. The summed E-state index contributed by atoms with van der Waals surface area (Å²) < 4.78 is 94.7. The fourth-order valence-corrected chi connectivity index (χ4v) is 3.78. The average molecular weight is 402 g/mol. The second-order valence-corrected chi connectivity index (χ2v) is 7.02. The minimum atomic E-state index is -5.25. The molecular formula is C21H17F7. The number of halogens is 7. The summed E-state index contributed by atoms with van der Waals surface area (Å²) in [6, 6.07) is 2.76. The Morgan fingerprint density at radius 2 is 1.29 bits per heavy atom. The molecule has 2 aromatic rings. The number of alkyl halides is 3. The molecule has 0 heterocycles. The molecule has 1 aliphatic carbocycles. The summed E-state index contributed by atoms with van der Waals surface area (Å²) in [4.78, 5) is 0. The first-order chi connectivity index (χ1) is 13.1. The molecule has 3 rings (SSSR count). The van der Waals surface area contributed by atoms with Gasteiger partial charge < -0.3 is 0 Å². The van der Waals surface area contributed by atoms with Crippen molar-refractivity contribution in [3.63, 3.8) is 0 Å². The molecule has 1 fully saturated rings.